The Balaban J connectivity index is 2.21. The number of nitrogens with one attached hydrogen (secondary N) is 2. The summed E-state index contributed by atoms with van der Waals surface area (Å²) in [5, 5.41) is 14.9. The highest BCUT2D eigenvalue weighted by molar-refractivity contribution is 6.08. The number of amides is 1. The van der Waals surface area contributed by atoms with E-state index in [2.05, 4.69) is 10.6 Å². The molecule has 0 atom stereocenters. The molecule has 5 heteroatoms. The quantitative estimate of drug-likeness (QED) is 0.735. The number of hydrogen-bond acceptors (Lipinski definition) is 4. The highest BCUT2D eigenvalue weighted by Gasteiger charge is 2.12. The maximum atomic E-state index is 12.4. The van der Waals surface area contributed by atoms with Crippen LogP contribution < -0.4 is 15.4 Å². The number of carbonyl (C=O) groups excluding carboxylic acids is 1. The highest BCUT2D eigenvalue weighted by atomic mass is 16.5. The van der Waals surface area contributed by atoms with Gasteiger partial charge in [-0.3, -0.25) is 4.79 Å². The summed E-state index contributed by atoms with van der Waals surface area (Å²) < 4.78 is 5.45. The first-order valence-electron chi connectivity index (χ1n) is 7.22. The first-order valence-corrected chi connectivity index (χ1v) is 7.22. The normalized spacial score (nSPS) is 10.1. The summed E-state index contributed by atoms with van der Waals surface area (Å²) in [6.45, 7) is 2.80. The number of anilines is 2. The lowest BCUT2D eigenvalue weighted by molar-refractivity contribution is 0.102. The zero-order chi connectivity index (χ0) is 15.8. The molecule has 0 spiro atoms. The lowest BCUT2D eigenvalue weighted by Crippen LogP contribution is -2.16. The van der Waals surface area contributed by atoms with Crippen molar-refractivity contribution in [1.82, 2.24) is 0 Å². The number of benzene rings is 2. The molecule has 116 valence electrons. The molecular formula is C17H20N2O3. The van der Waals surface area contributed by atoms with Gasteiger partial charge in [0.1, 0.15) is 5.75 Å². The fourth-order valence-electron chi connectivity index (χ4n) is 2.03. The van der Waals surface area contributed by atoms with E-state index in [1.54, 1.807) is 18.2 Å². The summed E-state index contributed by atoms with van der Waals surface area (Å²) in [5.41, 5.74) is 1.86. The Morgan fingerprint density at radius 2 is 1.95 bits per heavy atom. The summed E-state index contributed by atoms with van der Waals surface area (Å²) in [6, 6.07) is 14.5. The minimum atomic E-state index is -0.213. The summed E-state index contributed by atoms with van der Waals surface area (Å²) >= 11 is 0. The zero-order valence-corrected chi connectivity index (χ0v) is 12.5. The van der Waals surface area contributed by atoms with Crippen molar-refractivity contribution in [2.45, 2.75) is 6.92 Å². The van der Waals surface area contributed by atoms with E-state index in [0.29, 0.717) is 30.2 Å². The van der Waals surface area contributed by atoms with E-state index in [-0.39, 0.29) is 12.5 Å². The minimum absolute atomic E-state index is 0.0153. The van der Waals surface area contributed by atoms with Gasteiger partial charge >= 0.3 is 0 Å². The topological polar surface area (TPSA) is 70.6 Å². The van der Waals surface area contributed by atoms with E-state index in [4.69, 9.17) is 9.84 Å². The minimum Gasteiger partial charge on any atom is -0.494 e. The number of aliphatic hydroxyl groups excluding tert-OH is 1. The van der Waals surface area contributed by atoms with Gasteiger partial charge in [-0.1, -0.05) is 18.2 Å². The Labute approximate surface area is 129 Å². The largest absolute Gasteiger partial charge is 0.494 e. The van der Waals surface area contributed by atoms with Crippen LogP contribution >= 0.6 is 0 Å². The maximum Gasteiger partial charge on any atom is 0.257 e. The first-order chi connectivity index (χ1) is 10.7. The molecule has 0 aromatic heterocycles. The average molecular weight is 300 g/mol. The molecule has 1 amide bonds. The Morgan fingerprint density at radius 3 is 2.64 bits per heavy atom. The monoisotopic (exact) mass is 300 g/mol. The van der Waals surface area contributed by atoms with Gasteiger partial charge in [0, 0.05) is 18.3 Å². The van der Waals surface area contributed by atoms with Gasteiger partial charge in [0.05, 0.1) is 24.5 Å². The summed E-state index contributed by atoms with van der Waals surface area (Å²) in [5.74, 6) is 0.467. The lowest BCUT2D eigenvalue weighted by atomic mass is 10.1. The summed E-state index contributed by atoms with van der Waals surface area (Å²) in [4.78, 5) is 12.4. The van der Waals surface area contributed by atoms with E-state index in [1.807, 2.05) is 37.3 Å². The number of hydrogen-bond donors (Lipinski definition) is 3. The van der Waals surface area contributed by atoms with Crippen LogP contribution in [0.2, 0.25) is 0 Å². The third-order valence-corrected chi connectivity index (χ3v) is 3.01. The third-order valence-electron chi connectivity index (χ3n) is 3.01. The predicted molar refractivity (Wildman–Crippen MR) is 87.6 cm³/mol. The van der Waals surface area contributed by atoms with Crippen molar-refractivity contribution in [2.75, 3.05) is 30.4 Å². The van der Waals surface area contributed by atoms with Gasteiger partial charge in [-0.15, -0.1) is 0 Å². The van der Waals surface area contributed by atoms with Crippen LogP contribution in [0, 0.1) is 0 Å². The molecule has 0 saturated carbocycles. The van der Waals surface area contributed by atoms with Gasteiger partial charge in [0.25, 0.3) is 5.91 Å². The SMILES string of the molecule is CCOc1ccc(C(=O)Nc2ccccc2)c(NCCO)c1. The average Bonchev–Trinajstić information content (AvgIpc) is 2.54. The number of ether oxygens (including phenoxy) is 1. The smallest absolute Gasteiger partial charge is 0.257 e. The molecule has 0 aliphatic rings. The van der Waals surface area contributed by atoms with Crippen LogP contribution in [0.1, 0.15) is 17.3 Å². The summed E-state index contributed by atoms with van der Waals surface area (Å²) in [7, 11) is 0. The van der Waals surface area contributed by atoms with Crippen LogP contribution in [0.4, 0.5) is 11.4 Å². The number of para-hydroxylation sites is 1. The van der Waals surface area contributed by atoms with E-state index >= 15 is 0 Å². The third kappa shape index (κ3) is 4.23. The molecule has 0 bridgehead atoms. The first kappa shape index (κ1) is 15.9. The molecule has 2 rings (SSSR count). The van der Waals surface area contributed by atoms with Gasteiger partial charge in [0.2, 0.25) is 0 Å². The molecule has 0 heterocycles. The molecule has 5 nitrogen and oxygen atoms in total. The second kappa shape index (κ2) is 8.05. The van der Waals surface area contributed by atoms with Gasteiger partial charge in [0.15, 0.2) is 0 Å². The van der Waals surface area contributed by atoms with Crippen molar-refractivity contribution in [3.8, 4) is 5.75 Å². The van der Waals surface area contributed by atoms with Crippen LogP contribution in [-0.4, -0.2) is 30.8 Å². The second-order valence-corrected chi connectivity index (χ2v) is 4.61. The molecule has 3 N–H and O–H groups in total. The Morgan fingerprint density at radius 1 is 1.18 bits per heavy atom. The van der Waals surface area contributed by atoms with Gasteiger partial charge in [-0.25, -0.2) is 0 Å². The van der Waals surface area contributed by atoms with E-state index in [1.165, 1.54) is 0 Å². The highest BCUT2D eigenvalue weighted by Crippen LogP contribution is 2.24. The van der Waals surface area contributed by atoms with Crippen molar-refractivity contribution < 1.29 is 14.6 Å². The van der Waals surface area contributed by atoms with Gasteiger partial charge in [-0.2, -0.15) is 0 Å². The molecule has 0 aliphatic heterocycles. The Bertz CT molecular complexity index is 615. The number of aliphatic hydroxyl groups is 1. The molecule has 2 aromatic carbocycles. The summed E-state index contributed by atoms with van der Waals surface area (Å²) in [6.07, 6.45) is 0. The van der Waals surface area contributed by atoms with Crippen molar-refractivity contribution in [1.29, 1.82) is 0 Å². The molecule has 0 aliphatic carbocycles. The molecule has 0 saturated heterocycles. The van der Waals surface area contributed by atoms with Crippen LogP contribution in [-0.2, 0) is 0 Å². The standard InChI is InChI=1S/C17H20N2O3/c1-2-22-14-8-9-15(16(12-14)18-10-11-20)17(21)19-13-6-4-3-5-7-13/h3-9,12,18,20H,2,10-11H2,1H3,(H,19,21). The van der Waals surface area contributed by atoms with E-state index in [0.717, 1.165) is 5.69 Å². The van der Waals surface area contributed by atoms with Crippen LogP contribution in [0.3, 0.4) is 0 Å². The number of carbonyl (C=O) groups is 1. The van der Waals surface area contributed by atoms with Gasteiger partial charge < -0.3 is 20.5 Å². The fraction of sp³-hybridized carbons (Fsp3) is 0.235. The molecule has 0 radical (unpaired) electrons. The van der Waals surface area contributed by atoms with Crippen molar-refractivity contribution >= 4 is 17.3 Å². The van der Waals surface area contributed by atoms with E-state index < -0.39 is 0 Å². The fourth-order valence-corrected chi connectivity index (χ4v) is 2.03. The zero-order valence-electron chi connectivity index (χ0n) is 12.5. The number of rotatable bonds is 7. The maximum absolute atomic E-state index is 12.4. The van der Waals surface area contributed by atoms with Crippen molar-refractivity contribution in [3.05, 3.63) is 54.1 Å². The van der Waals surface area contributed by atoms with Gasteiger partial charge in [-0.05, 0) is 31.2 Å². The van der Waals surface area contributed by atoms with Crippen LogP contribution in [0.25, 0.3) is 0 Å². The van der Waals surface area contributed by atoms with Crippen LogP contribution in [0.15, 0.2) is 48.5 Å². The Hall–Kier alpha value is -2.53. The molecule has 2 aromatic rings. The molecule has 22 heavy (non-hydrogen) atoms. The second-order valence-electron chi connectivity index (χ2n) is 4.61. The molecule has 0 fully saturated rings. The van der Waals surface area contributed by atoms with E-state index in [9.17, 15) is 4.79 Å². The van der Waals surface area contributed by atoms with Crippen LogP contribution in [0.5, 0.6) is 5.75 Å². The lowest BCUT2D eigenvalue weighted by Gasteiger charge is -2.13. The Kier molecular flexibility index (Phi) is 5.80. The van der Waals surface area contributed by atoms with Crippen molar-refractivity contribution in [2.24, 2.45) is 0 Å². The molecular weight excluding hydrogens is 280 g/mol. The predicted octanol–water partition coefficient (Wildman–Crippen LogP) is 2.74. The molecule has 0 unspecified atom stereocenters. The van der Waals surface area contributed by atoms with Crippen molar-refractivity contribution in [3.63, 3.8) is 0 Å².